The molecule has 2 amide bonds. The van der Waals surface area contributed by atoms with E-state index in [0.717, 1.165) is 27.8 Å². The van der Waals surface area contributed by atoms with Crippen LogP contribution in [0.25, 0.3) is 10.8 Å². The molecule has 136 valence electrons. The van der Waals surface area contributed by atoms with Crippen molar-refractivity contribution in [2.75, 3.05) is 17.2 Å². The van der Waals surface area contributed by atoms with Crippen molar-refractivity contribution in [2.45, 2.75) is 6.42 Å². The van der Waals surface area contributed by atoms with Gasteiger partial charge in [0, 0.05) is 12.1 Å². The molecule has 1 aromatic heterocycles. The number of aliphatic hydroxyl groups excluding tert-OH is 1. The number of rotatable bonds is 5. The minimum absolute atomic E-state index is 0.0411. The van der Waals surface area contributed by atoms with Crippen LogP contribution in [0.5, 0.6) is 0 Å². The van der Waals surface area contributed by atoms with E-state index in [1.807, 2.05) is 42.5 Å². The van der Waals surface area contributed by atoms with E-state index in [-0.39, 0.29) is 23.7 Å². The molecule has 0 aliphatic carbocycles. The zero-order valence-corrected chi connectivity index (χ0v) is 15.0. The average molecular weight is 380 g/mol. The second-order valence-electron chi connectivity index (χ2n) is 5.48. The number of amides is 2. The Labute approximate surface area is 159 Å². The molecule has 0 aliphatic heterocycles. The highest BCUT2D eigenvalue weighted by atomic mass is 32.1. The van der Waals surface area contributed by atoms with E-state index in [2.05, 4.69) is 27.5 Å². The molecule has 0 saturated heterocycles. The maximum Gasteiger partial charge on any atom is 0.300 e. The lowest BCUT2D eigenvalue weighted by Crippen LogP contribution is -2.16. The lowest BCUT2D eigenvalue weighted by atomic mass is 10.1. The molecule has 27 heavy (non-hydrogen) atoms. The van der Waals surface area contributed by atoms with Gasteiger partial charge in [-0.15, -0.1) is 0 Å². The van der Waals surface area contributed by atoms with E-state index in [1.54, 1.807) is 0 Å². The topological polar surface area (TPSA) is 117 Å². The highest BCUT2D eigenvalue weighted by Crippen LogP contribution is 2.31. The summed E-state index contributed by atoms with van der Waals surface area (Å²) in [5.74, 6) is 3.47. The lowest BCUT2D eigenvalue weighted by molar-refractivity contribution is -0.111. The number of nitrogens with one attached hydrogen (secondary N) is 2. The summed E-state index contributed by atoms with van der Waals surface area (Å²) >= 11 is 1.08. The van der Waals surface area contributed by atoms with Crippen molar-refractivity contribution in [1.82, 2.24) is 4.98 Å². The summed E-state index contributed by atoms with van der Waals surface area (Å²) in [5.41, 5.74) is 6.10. The molecule has 0 unspecified atom stereocenters. The highest BCUT2D eigenvalue weighted by molar-refractivity contribution is 7.20. The van der Waals surface area contributed by atoms with Crippen LogP contribution < -0.4 is 16.4 Å². The summed E-state index contributed by atoms with van der Waals surface area (Å²) in [5, 5.41) is 17.1. The van der Waals surface area contributed by atoms with Crippen molar-refractivity contribution in [3.8, 4) is 11.8 Å². The van der Waals surface area contributed by atoms with Gasteiger partial charge < -0.3 is 21.5 Å². The molecule has 8 heteroatoms. The van der Waals surface area contributed by atoms with E-state index in [9.17, 15) is 9.59 Å². The molecule has 0 atom stereocenters. The Hall–Kier alpha value is -3.41. The second kappa shape index (κ2) is 8.31. The van der Waals surface area contributed by atoms with Crippen molar-refractivity contribution in [1.29, 1.82) is 0 Å². The van der Waals surface area contributed by atoms with Crippen LogP contribution in [0.2, 0.25) is 0 Å². The Morgan fingerprint density at radius 2 is 1.96 bits per heavy atom. The minimum atomic E-state index is -0.753. The number of fused-ring (bicyclic) bond motifs is 1. The Balaban J connectivity index is 1.82. The fourth-order valence-corrected chi connectivity index (χ4v) is 3.23. The van der Waals surface area contributed by atoms with Crippen molar-refractivity contribution in [2.24, 2.45) is 5.73 Å². The Morgan fingerprint density at radius 1 is 1.19 bits per heavy atom. The predicted octanol–water partition coefficient (Wildman–Crippen LogP) is 2.46. The monoisotopic (exact) mass is 380 g/mol. The third-order valence-corrected chi connectivity index (χ3v) is 4.41. The van der Waals surface area contributed by atoms with Crippen LogP contribution in [0.1, 0.15) is 16.9 Å². The molecular formula is C19H16N4O3S. The fourth-order valence-electron chi connectivity index (χ4n) is 2.35. The van der Waals surface area contributed by atoms with Gasteiger partial charge in [0.15, 0.2) is 10.8 Å². The number of carbonyl (C=O) groups excluding carboxylic acids is 2. The number of benzene rings is 2. The summed E-state index contributed by atoms with van der Waals surface area (Å²) in [6, 6.07) is 13.7. The van der Waals surface area contributed by atoms with Crippen molar-refractivity contribution in [3.63, 3.8) is 0 Å². The van der Waals surface area contributed by atoms with E-state index in [0.29, 0.717) is 5.13 Å². The standard InChI is InChI=1S/C19H16N4O3S/c20-17(26)16-18(22-15(25)7-3-4-10-24)27-19(23-16)21-14-9-8-12-5-1-2-6-13(12)11-14/h1-2,5-6,8-9,11,24H,4,10H2,(H2,20,26)(H,21,23)(H,22,25). The van der Waals surface area contributed by atoms with Gasteiger partial charge in [0.25, 0.3) is 5.91 Å². The number of primary amides is 1. The third kappa shape index (κ3) is 4.61. The van der Waals surface area contributed by atoms with Gasteiger partial charge >= 0.3 is 5.91 Å². The molecule has 0 bridgehead atoms. The molecule has 5 N–H and O–H groups in total. The lowest BCUT2D eigenvalue weighted by Gasteiger charge is -2.04. The quantitative estimate of drug-likeness (QED) is 0.507. The Kier molecular flexibility index (Phi) is 5.66. The first-order valence-corrected chi connectivity index (χ1v) is 8.85. The van der Waals surface area contributed by atoms with Gasteiger partial charge in [0.1, 0.15) is 5.00 Å². The number of anilines is 3. The second-order valence-corrected chi connectivity index (χ2v) is 6.48. The minimum Gasteiger partial charge on any atom is -0.395 e. The summed E-state index contributed by atoms with van der Waals surface area (Å²) in [6.07, 6.45) is 0.188. The number of hydrogen-bond acceptors (Lipinski definition) is 6. The van der Waals surface area contributed by atoms with Crippen LogP contribution in [0.3, 0.4) is 0 Å². The molecule has 0 aliphatic rings. The first-order valence-electron chi connectivity index (χ1n) is 8.04. The highest BCUT2D eigenvalue weighted by Gasteiger charge is 2.17. The van der Waals surface area contributed by atoms with Gasteiger partial charge in [-0.3, -0.25) is 9.59 Å². The Bertz CT molecular complexity index is 1070. The SMILES string of the molecule is NC(=O)c1nc(Nc2ccc3ccccc3c2)sc1NC(=O)C#CCCO. The third-order valence-electron chi connectivity index (χ3n) is 3.53. The van der Waals surface area contributed by atoms with E-state index in [4.69, 9.17) is 10.8 Å². The smallest absolute Gasteiger partial charge is 0.300 e. The normalized spacial score (nSPS) is 10.1. The average Bonchev–Trinajstić information content (AvgIpc) is 3.04. The number of nitrogens with zero attached hydrogens (tertiary/aromatic N) is 1. The van der Waals surface area contributed by atoms with Crippen LogP contribution in [0.4, 0.5) is 15.8 Å². The largest absolute Gasteiger partial charge is 0.395 e. The van der Waals surface area contributed by atoms with Crippen molar-refractivity contribution >= 4 is 49.7 Å². The number of thiazole rings is 1. The maximum atomic E-state index is 11.8. The molecular weight excluding hydrogens is 364 g/mol. The van der Waals surface area contributed by atoms with Crippen LogP contribution in [-0.4, -0.2) is 28.5 Å². The van der Waals surface area contributed by atoms with Gasteiger partial charge in [-0.05, 0) is 28.8 Å². The van der Waals surface area contributed by atoms with Crippen LogP contribution in [-0.2, 0) is 4.79 Å². The molecule has 0 saturated carbocycles. The van der Waals surface area contributed by atoms with Gasteiger partial charge in [-0.1, -0.05) is 47.6 Å². The molecule has 2 aromatic carbocycles. The molecule has 3 aromatic rings. The van der Waals surface area contributed by atoms with Crippen molar-refractivity contribution < 1.29 is 14.7 Å². The molecule has 3 rings (SSSR count). The molecule has 7 nitrogen and oxygen atoms in total. The summed E-state index contributed by atoms with van der Waals surface area (Å²) < 4.78 is 0. The number of aliphatic hydroxyl groups is 1. The van der Waals surface area contributed by atoms with Gasteiger partial charge in [0.05, 0.1) is 6.61 Å². The molecule has 0 fully saturated rings. The van der Waals surface area contributed by atoms with E-state index < -0.39 is 11.8 Å². The van der Waals surface area contributed by atoms with Gasteiger partial charge in [-0.25, -0.2) is 4.98 Å². The predicted molar refractivity (Wildman–Crippen MR) is 106 cm³/mol. The first kappa shape index (κ1) is 18.4. The van der Waals surface area contributed by atoms with Crippen LogP contribution in [0, 0.1) is 11.8 Å². The molecule has 0 spiro atoms. The zero-order chi connectivity index (χ0) is 19.2. The molecule has 0 radical (unpaired) electrons. The summed E-state index contributed by atoms with van der Waals surface area (Å²) in [4.78, 5) is 27.6. The van der Waals surface area contributed by atoms with Crippen LogP contribution >= 0.6 is 11.3 Å². The number of hydrogen-bond donors (Lipinski definition) is 4. The van der Waals surface area contributed by atoms with Gasteiger partial charge in [0.2, 0.25) is 0 Å². The Morgan fingerprint density at radius 3 is 2.70 bits per heavy atom. The summed E-state index contributed by atoms with van der Waals surface area (Å²) in [7, 11) is 0. The van der Waals surface area contributed by atoms with E-state index >= 15 is 0 Å². The maximum absolute atomic E-state index is 11.8. The van der Waals surface area contributed by atoms with E-state index in [1.165, 1.54) is 0 Å². The van der Waals surface area contributed by atoms with Crippen LogP contribution in [0.15, 0.2) is 42.5 Å². The number of carbonyl (C=O) groups is 2. The van der Waals surface area contributed by atoms with Crippen molar-refractivity contribution in [3.05, 3.63) is 48.2 Å². The fraction of sp³-hybridized carbons (Fsp3) is 0.105. The zero-order valence-electron chi connectivity index (χ0n) is 14.2. The number of nitrogens with two attached hydrogens (primary N) is 1. The first-order chi connectivity index (χ1) is 13.1. The van der Waals surface area contributed by atoms with Gasteiger partial charge in [-0.2, -0.15) is 0 Å². The number of aromatic nitrogens is 1. The summed E-state index contributed by atoms with van der Waals surface area (Å²) in [6.45, 7) is -0.132. The molecule has 1 heterocycles.